The SMILES string of the molecule is O=C(Nc1ccc(S(=O)(=O)F)cc1)c1cc(Cl)ccc1[N+](=O)[O-]. The third kappa shape index (κ3) is 4.02. The van der Waals surface area contributed by atoms with E-state index in [1.807, 2.05) is 0 Å². The van der Waals surface area contributed by atoms with Crippen molar-refractivity contribution >= 4 is 39.1 Å². The number of hydrogen-bond donors (Lipinski definition) is 1. The quantitative estimate of drug-likeness (QED) is 0.513. The average molecular weight is 359 g/mol. The van der Waals surface area contributed by atoms with Crippen molar-refractivity contribution in [2.24, 2.45) is 0 Å². The summed E-state index contributed by atoms with van der Waals surface area (Å²) in [6, 6.07) is 7.72. The normalized spacial score (nSPS) is 11.0. The molecule has 0 bridgehead atoms. The van der Waals surface area contributed by atoms with Crippen LogP contribution in [-0.2, 0) is 10.2 Å². The van der Waals surface area contributed by atoms with Crippen LogP contribution in [-0.4, -0.2) is 19.2 Å². The van der Waals surface area contributed by atoms with Crippen molar-refractivity contribution in [2.75, 3.05) is 5.32 Å². The molecule has 2 rings (SSSR count). The molecule has 23 heavy (non-hydrogen) atoms. The van der Waals surface area contributed by atoms with E-state index in [0.717, 1.165) is 36.4 Å². The van der Waals surface area contributed by atoms with Crippen LogP contribution in [0.1, 0.15) is 10.4 Å². The first kappa shape index (κ1) is 16.8. The third-order valence-corrected chi connectivity index (χ3v) is 3.86. The highest BCUT2D eigenvalue weighted by Crippen LogP contribution is 2.24. The maximum absolute atomic E-state index is 12.8. The number of carbonyl (C=O) groups excluding carboxylic acids is 1. The lowest BCUT2D eigenvalue weighted by Gasteiger charge is -2.06. The van der Waals surface area contributed by atoms with Gasteiger partial charge in [-0.3, -0.25) is 14.9 Å². The van der Waals surface area contributed by atoms with Gasteiger partial charge in [-0.15, -0.1) is 3.89 Å². The van der Waals surface area contributed by atoms with E-state index in [1.54, 1.807) is 0 Å². The smallest absolute Gasteiger partial charge is 0.322 e. The van der Waals surface area contributed by atoms with Crippen molar-refractivity contribution in [2.45, 2.75) is 4.90 Å². The van der Waals surface area contributed by atoms with Crippen molar-refractivity contribution in [1.29, 1.82) is 0 Å². The first-order valence-corrected chi connectivity index (χ1v) is 7.74. The summed E-state index contributed by atoms with van der Waals surface area (Å²) in [5, 5.41) is 13.4. The zero-order valence-electron chi connectivity index (χ0n) is 11.2. The van der Waals surface area contributed by atoms with Crippen molar-refractivity contribution in [1.82, 2.24) is 0 Å². The Hall–Kier alpha value is -2.52. The number of hydrogen-bond acceptors (Lipinski definition) is 5. The molecule has 0 radical (unpaired) electrons. The fourth-order valence-electron chi connectivity index (χ4n) is 1.75. The van der Waals surface area contributed by atoms with Crippen LogP contribution in [0.3, 0.4) is 0 Å². The van der Waals surface area contributed by atoms with Gasteiger partial charge in [-0.25, -0.2) is 0 Å². The average Bonchev–Trinajstić information content (AvgIpc) is 2.46. The van der Waals surface area contributed by atoms with Gasteiger partial charge in [0, 0.05) is 16.8 Å². The summed E-state index contributed by atoms with van der Waals surface area (Å²) in [4.78, 5) is 21.7. The van der Waals surface area contributed by atoms with Gasteiger partial charge in [0.05, 0.1) is 9.82 Å². The van der Waals surface area contributed by atoms with Crippen LogP contribution in [0.5, 0.6) is 0 Å². The standard InChI is InChI=1S/C13H8ClFN2O5S/c14-8-1-6-12(17(19)20)11(7-8)13(18)16-9-2-4-10(5-3-9)23(15,21)22/h1-7H,(H,16,18). The minimum atomic E-state index is -4.84. The Morgan fingerprint density at radius 3 is 2.30 bits per heavy atom. The molecule has 0 aliphatic carbocycles. The first-order chi connectivity index (χ1) is 10.7. The Bertz CT molecular complexity index is 884. The minimum absolute atomic E-state index is 0.136. The maximum atomic E-state index is 12.8. The molecule has 0 unspecified atom stereocenters. The molecule has 0 heterocycles. The number of nitrogens with zero attached hydrogens (tertiary/aromatic N) is 1. The molecule has 1 N–H and O–H groups in total. The molecular weight excluding hydrogens is 351 g/mol. The van der Waals surface area contributed by atoms with Gasteiger partial charge < -0.3 is 5.32 Å². The lowest BCUT2D eigenvalue weighted by atomic mass is 10.1. The van der Waals surface area contributed by atoms with Gasteiger partial charge in [-0.1, -0.05) is 11.6 Å². The number of nitro benzene ring substituents is 1. The number of halogens is 2. The molecule has 0 atom stereocenters. The van der Waals surface area contributed by atoms with Crippen molar-refractivity contribution < 1.29 is 22.0 Å². The topological polar surface area (TPSA) is 106 Å². The predicted molar refractivity (Wildman–Crippen MR) is 80.8 cm³/mol. The summed E-state index contributed by atoms with van der Waals surface area (Å²) in [5.74, 6) is -0.810. The molecule has 0 aromatic heterocycles. The molecule has 0 saturated heterocycles. The number of benzene rings is 2. The van der Waals surface area contributed by atoms with E-state index in [4.69, 9.17) is 11.6 Å². The number of nitrogens with one attached hydrogen (secondary N) is 1. The van der Waals surface area contributed by atoms with Crippen LogP contribution >= 0.6 is 11.6 Å². The highest BCUT2D eigenvalue weighted by Gasteiger charge is 2.21. The monoisotopic (exact) mass is 358 g/mol. The molecule has 7 nitrogen and oxygen atoms in total. The zero-order valence-corrected chi connectivity index (χ0v) is 12.8. The second-order valence-electron chi connectivity index (χ2n) is 4.33. The van der Waals surface area contributed by atoms with Crippen LogP contribution in [0.25, 0.3) is 0 Å². The van der Waals surface area contributed by atoms with E-state index in [1.165, 1.54) is 6.07 Å². The van der Waals surface area contributed by atoms with Crippen LogP contribution < -0.4 is 5.32 Å². The summed E-state index contributed by atoms with van der Waals surface area (Å²) < 4.78 is 34.2. The highest BCUT2D eigenvalue weighted by molar-refractivity contribution is 7.86. The molecule has 0 fully saturated rings. The number of carbonyl (C=O) groups is 1. The summed E-state index contributed by atoms with van der Waals surface area (Å²) in [5.41, 5.74) is -0.559. The molecule has 0 spiro atoms. The lowest BCUT2D eigenvalue weighted by molar-refractivity contribution is -0.385. The Balaban J connectivity index is 2.29. The third-order valence-electron chi connectivity index (χ3n) is 2.79. The molecule has 2 aromatic rings. The highest BCUT2D eigenvalue weighted by atomic mass is 35.5. The molecule has 0 saturated carbocycles. The van der Waals surface area contributed by atoms with Crippen molar-refractivity contribution in [3.8, 4) is 0 Å². The van der Waals surface area contributed by atoms with E-state index in [0.29, 0.717) is 0 Å². The maximum Gasteiger partial charge on any atom is 0.332 e. The summed E-state index contributed by atoms with van der Waals surface area (Å²) in [7, 11) is -4.84. The van der Waals surface area contributed by atoms with Crippen LogP contribution in [0.4, 0.5) is 15.3 Å². The second-order valence-corrected chi connectivity index (χ2v) is 6.12. The van der Waals surface area contributed by atoms with Gasteiger partial charge in [-0.05, 0) is 36.4 Å². The molecule has 10 heteroatoms. The fraction of sp³-hybridized carbons (Fsp3) is 0. The first-order valence-electron chi connectivity index (χ1n) is 5.98. The number of amides is 1. The molecule has 0 aliphatic heterocycles. The van der Waals surface area contributed by atoms with Crippen LogP contribution in [0.15, 0.2) is 47.4 Å². The number of anilines is 1. The molecular formula is C13H8ClFN2O5S. The Kier molecular flexibility index (Phi) is 4.62. The Morgan fingerprint density at radius 1 is 1.17 bits per heavy atom. The Labute approximate surface area is 135 Å². The second kappa shape index (κ2) is 6.31. The molecule has 1 amide bonds. The van der Waals surface area contributed by atoms with Gasteiger partial charge in [0.15, 0.2) is 0 Å². The van der Waals surface area contributed by atoms with Crippen molar-refractivity contribution in [3.63, 3.8) is 0 Å². The van der Waals surface area contributed by atoms with Gasteiger partial charge >= 0.3 is 10.2 Å². The number of rotatable bonds is 4. The van der Waals surface area contributed by atoms with Crippen molar-refractivity contribution in [3.05, 3.63) is 63.2 Å². The minimum Gasteiger partial charge on any atom is -0.322 e. The molecule has 2 aromatic carbocycles. The van der Waals surface area contributed by atoms with Crippen LogP contribution in [0.2, 0.25) is 5.02 Å². The fourth-order valence-corrected chi connectivity index (χ4v) is 2.38. The van der Waals surface area contributed by atoms with Gasteiger partial charge in [-0.2, -0.15) is 8.42 Å². The van der Waals surface area contributed by atoms with E-state index in [9.17, 15) is 27.2 Å². The Morgan fingerprint density at radius 2 is 1.78 bits per heavy atom. The molecule has 0 aliphatic rings. The van der Waals surface area contributed by atoms with E-state index >= 15 is 0 Å². The van der Waals surface area contributed by atoms with E-state index < -0.39 is 31.6 Å². The van der Waals surface area contributed by atoms with Gasteiger partial charge in [0.1, 0.15) is 5.56 Å². The summed E-state index contributed by atoms with van der Waals surface area (Å²) in [6.07, 6.45) is 0. The van der Waals surface area contributed by atoms with Crippen LogP contribution in [0, 0.1) is 10.1 Å². The molecule has 120 valence electrons. The van der Waals surface area contributed by atoms with E-state index in [2.05, 4.69) is 5.32 Å². The zero-order chi connectivity index (χ0) is 17.2. The summed E-state index contributed by atoms with van der Waals surface area (Å²) in [6.45, 7) is 0. The summed E-state index contributed by atoms with van der Waals surface area (Å²) >= 11 is 5.73. The largest absolute Gasteiger partial charge is 0.332 e. The van der Waals surface area contributed by atoms with Gasteiger partial charge in [0.25, 0.3) is 11.6 Å². The predicted octanol–water partition coefficient (Wildman–Crippen LogP) is 3.16. The lowest BCUT2D eigenvalue weighted by Crippen LogP contribution is -2.14. The van der Waals surface area contributed by atoms with E-state index in [-0.39, 0.29) is 16.3 Å². The number of nitro groups is 1. The van der Waals surface area contributed by atoms with Gasteiger partial charge in [0.2, 0.25) is 0 Å².